The molecule has 2 aliphatic rings. The molecular weight excluding hydrogens is 569 g/mol. The number of aryl methyl sites for hydroxylation is 1. The Balaban J connectivity index is 1.15. The number of nitrogens with zero attached hydrogens (tertiary/aromatic N) is 6. The van der Waals surface area contributed by atoms with Gasteiger partial charge < -0.3 is 10.2 Å². The van der Waals surface area contributed by atoms with E-state index in [2.05, 4.69) is 15.4 Å². The van der Waals surface area contributed by atoms with Crippen molar-refractivity contribution in [3.05, 3.63) is 95.8 Å². The second-order valence-corrected chi connectivity index (χ2v) is 13.1. The average molecular weight is 604 g/mol. The van der Waals surface area contributed by atoms with Gasteiger partial charge in [0.25, 0.3) is 5.91 Å². The minimum Gasteiger partial charge on any atom is -0.335 e. The molecule has 4 aromatic rings. The summed E-state index contributed by atoms with van der Waals surface area (Å²) in [6, 6.07) is 18.4. The number of nitrogens with one attached hydrogen (secondary N) is 1. The molecule has 1 aliphatic carbocycles. The first-order valence-corrected chi connectivity index (χ1v) is 16.3. The number of amides is 1. The quantitative estimate of drug-likeness (QED) is 0.277. The fraction of sp³-hybridized carbons (Fsp3) is 0.355. The van der Waals surface area contributed by atoms with Gasteiger partial charge in [-0.05, 0) is 79.9 Å². The molecule has 0 bridgehead atoms. The summed E-state index contributed by atoms with van der Waals surface area (Å²) in [4.78, 5) is 24.7. The summed E-state index contributed by atoms with van der Waals surface area (Å²) >= 11 is 0. The van der Waals surface area contributed by atoms with Crippen LogP contribution >= 0.6 is 0 Å². The van der Waals surface area contributed by atoms with Crippen molar-refractivity contribution in [3.63, 3.8) is 0 Å². The second kappa shape index (κ2) is 12.3. The minimum absolute atomic E-state index is 0.221. The average Bonchev–Trinajstić information content (AvgIpc) is 3.57. The van der Waals surface area contributed by atoms with Gasteiger partial charge in [-0.3, -0.25) is 4.79 Å². The van der Waals surface area contributed by atoms with Crippen LogP contribution < -0.4 is 5.32 Å². The van der Waals surface area contributed by atoms with Crippen LogP contribution in [0.15, 0.2) is 73.1 Å². The summed E-state index contributed by atoms with van der Waals surface area (Å²) in [7, 11) is -3.30. The lowest BCUT2D eigenvalue weighted by Gasteiger charge is -2.33. The van der Waals surface area contributed by atoms with Gasteiger partial charge in [0.2, 0.25) is 10.0 Å². The molecule has 0 radical (unpaired) electrons. The minimum atomic E-state index is -3.30. The van der Waals surface area contributed by atoms with Crippen molar-refractivity contribution in [2.75, 3.05) is 39.0 Å². The zero-order valence-electron chi connectivity index (χ0n) is 23.9. The van der Waals surface area contributed by atoms with Crippen molar-refractivity contribution < 1.29 is 17.6 Å². The predicted molar refractivity (Wildman–Crippen MR) is 161 cm³/mol. The standard InChI is InChI=1S/C31H34FN7O3S/c1-43(41,42)38-18-16-37(17-19-38)31(40)29-20-25(4-2-13-33-28-21-27(28)22-5-9-24(32)10-6-22)35-30(36-29)23-7-11-26(12-8-23)39-15-3-14-34-39/h3,5-12,14-15,20,27-28,33H,2,4,13,16-19,21H2,1H3/t27-,28+/m0/s1. The molecule has 1 saturated heterocycles. The Morgan fingerprint density at radius 3 is 2.44 bits per heavy atom. The van der Waals surface area contributed by atoms with Crippen molar-refractivity contribution in [3.8, 4) is 17.1 Å². The fourth-order valence-electron chi connectivity index (χ4n) is 5.49. The summed E-state index contributed by atoms with van der Waals surface area (Å²) in [5, 5.41) is 7.86. The molecule has 2 fully saturated rings. The maximum absolute atomic E-state index is 13.5. The SMILES string of the molecule is CS(=O)(=O)N1CCN(C(=O)c2cc(CCCN[C@@H]3C[C@H]3c3ccc(F)cc3)nc(-c3ccc(-n4cccn4)cc3)n2)CC1. The topological polar surface area (TPSA) is 113 Å². The van der Waals surface area contributed by atoms with Gasteiger partial charge in [-0.1, -0.05) is 12.1 Å². The number of hydrogen-bond donors (Lipinski definition) is 1. The number of benzene rings is 2. The van der Waals surface area contributed by atoms with Crippen LogP contribution in [0, 0.1) is 5.82 Å². The van der Waals surface area contributed by atoms with Crippen LogP contribution in [0.25, 0.3) is 17.1 Å². The molecular formula is C31H34FN7O3S. The van der Waals surface area contributed by atoms with E-state index < -0.39 is 10.0 Å². The molecule has 10 nitrogen and oxygen atoms in total. The Labute approximate surface area is 250 Å². The Morgan fingerprint density at radius 1 is 1.02 bits per heavy atom. The monoisotopic (exact) mass is 603 g/mol. The van der Waals surface area contributed by atoms with Crippen LogP contribution in [0.5, 0.6) is 0 Å². The molecule has 224 valence electrons. The number of carbonyl (C=O) groups is 1. The smallest absolute Gasteiger partial charge is 0.272 e. The lowest BCUT2D eigenvalue weighted by atomic mass is 10.1. The van der Waals surface area contributed by atoms with Crippen LogP contribution in [-0.2, 0) is 16.4 Å². The van der Waals surface area contributed by atoms with Crippen molar-refractivity contribution in [2.45, 2.75) is 31.2 Å². The molecule has 1 aliphatic heterocycles. The summed E-state index contributed by atoms with van der Waals surface area (Å²) in [5.74, 6) is 0.419. The van der Waals surface area contributed by atoms with Crippen LogP contribution in [0.4, 0.5) is 4.39 Å². The summed E-state index contributed by atoms with van der Waals surface area (Å²) in [6.45, 7) is 1.92. The molecule has 1 saturated carbocycles. The van der Waals surface area contributed by atoms with Crippen LogP contribution in [0.1, 0.15) is 40.5 Å². The molecule has 2 aromatic carbocycles. The summed E-state index contributed by atoms with van der Waals surface area (Å²) in [5.41, 5.74) is 3.91. The second-order valence-electron chi connectivity index (χ2n) is 11.1. The Morgan fingerprint density at radius 2 is 1.77 bits per heavy atom. The van der Waals surface area contributed by atoms with Gasteiger partial charge in [0.15, 0.2) is 5.82 Å². The van der Waals surface area contributed by atoms with Gasteiger partial charge in [-0.25, -0.2) is 27.5 Å². The third-order valence-corrected chi connectivity index (χ3v) is 9.30. The highest BCUT2D eigenvalue weighted by Crippen LogP contribution is 2.40. The number of piperazine rings is 1. The van der Waals surface area contributed by atoms with Crippen LogP contribution in [-0.4, -0.2) is 88.3 Å². The number of aromatic nitrogens is 4. The van der Waals surface area contributed by atoms with Crippen molar-refractivity contribution in [2.24, 2.45) is 0 Å². The fourth-order valence-corrected chi connectivity index (χ4v) is 6.32. The molecule has 2 aromatic heterocycles. The third kappa shape index (κ3) is 6.98. The predicted octanol–water partition coefficient (Wildman–Crippen LogP) is 3.26. The Bertz CT molecular complexity index is 1670. The van der Waals surface area contributed by atoms with E-state index in [1.165, 1.54) is 22.7 Å². The maximum Gasteiger partial charge on any atom is 0.272 e. The number of halogens is 1. The molecule has 1 amide bonds. The molecule has 43 heavy (non-hydrogen) atoms. The van der Waals surface area contributed by atoms with E-state index in [1.807, 2.05) is 48.7 Å². The highest BCUT2D eigenvalue weighted by atomic mass is 32.2. The van der Waals surface area contributed by atoms with Crippen LogP contribution in [0.2, 0.25) is 0 Å². The highest BCUT2D eigenvalue weighted by molar-refractivity contribution is 7.88. The first-order valence-electron chi connectivity index (χ1n) is 14.5. The maximum atomic E-state index is 13.5. The molecule has 0 unspecified atom stereocenters. The van der Waals surface area contributed by atoms with E-state index in [0.29, 0.717) is 43.0 Å². The van der Waals surface area contributed by atoms with Gasteiger partial charge >= 0.3 is 0 Å². The normalized spacial score (nSPS) is 19.0. The zero-order valence-corrected chi connectivity index (χ0v) is 24.8. The highest BCUT2D eigenvalue weighted by Gasteiger charge is 2.37. The van der Waals surface area contributed by atoms with Gasteiger partial charge in [0, 0.05) is 61.8 Å². The molecule has 3 heterocycles. The summed E-state index contributed by atoms with van der Waals surface area (Å²) in [6.07, 6.45) is 7.28. The Kier molecular flexibility index (Phi) is 8.33. The van der Waals surface area contributed by atoms with Crippen molar-refractivity contribution >= 4 is 15.9 Å². The molecule has 6 rings (SSSR count). The third-order valence-electron chi connectivity index (χ3n) is 7.99. The summed E-state index contributed by atoms with van der Waals surface area (Å²) < 4.78 is 40.3. The van der Waals surface area contributed by atoms with Crippen molar-refractivity contribution in [1.82, 2.24) is 34.3 Å². The van der Waals surface area contributed by atoms with E-state index in [4.69, 9.17) is 4.98 Å². The lowest BCUT2D eigenvalue weighted by Crippen LogP contribution is -2.50. The Hall–Kier alpha value is -4.00. The number of sulfonamides is 1. The van der Waals surface area contributed by atoms with Gasteiger partial charge in [0.05, 0.1) is 11.9 Å². The van der Waals surface area contributed by atoms with E-state index in [0.717, 1.165) is 41.9 Å². The zero-order chi connectivity index (χ0) is 30.0. The molecule has 0 spiro atoms. The molecule has 12 heteroatoms. The van der Waals surface area contributed by atoms with Gasteiger partial charge in [0.1, 0.15) is 11.5 Å². The van der Waals surface area contributed by atoms with E-state index in [9.17, 15) is 17.6 Å². The number of carbonyl (C=O) groups excluding carboxylic acids is 1. The molecule has 1 N–H and O–H groups in total. The van der Waals surface area contributed by atoms with Crippen molar-refractivity contribution in [1.29, 1.82) is 0 Å². The van der Waals surface area contributed by atoms with E-state index in [1.54, 1.807) is 21.8 Å². The first-order chi connectivity index (χ1) is 20.7. The lowest BCUT2D eigenvalue weighted by molar-refractivity contribution is 0.0692. The van der Waals surface area contributed by atoms with E-state index in [-0.39, 0.29) is 24.8 Å². The van der Waals surface area contributed by atoms with E-state index >= 15 is 0 Å². The molecule has 2 atom stereocenters. The van der Waals surface area contributed by atoms with Gasteiger partial charge in [-0.2, -0.15) is 9.40 Å². The number of rotatable bonds is 10. The largest absolute Gasteiger partial charge is 0.335 e. The van der Waals surface area contributed by atoms with Crippen LogP contribution in [0.3, 0.4) is 0 Å². The number of hydrogen-bond acceptors (Lipinski definition) is 7. The first kappa shape index (κ1) is 29.1. The van der Waals surface area contributed by atoms with Gasteiger partial charge in [-0.15, -0.1) is 0 Å².